The summed E-state index contributed by atoms with van der Waals surface area (Å²) in [6, 6.07) is 0. The minimum absolute atomic E-state index is 0.214. The summed E-state index contributed by atoms with van der Waals surface area (Å²) >= 11 is 0. The molecule has 134 valence electrons. The first kappa shape index (κ1) is 16.2. The van der Waals surface area contributed by atoms with Gasteiger partial charge in [-0.2, -0.15) is 10.1 Å². The molecule has 0 amide bonds. The summed E-state index contributed by atoms with van der Waals surface area (Å²) in [5.41, 5.74) is 11.7. The average molecular weight is 333 g/mol. The van der Waals surface area contributed by atoms with Crippen LogP contribution in [0.1, 0.15) is 65.2 Å². The van der Waals surface area contributed by atoms with Crippen molar-refractivity contribution in [3.05, 3.63) is 0 Å². The minimum Gasteiger partial charge on any atom is -0.368 e. The summed E-state index contributed by atoms with van der Waals surface area (Å²) in [5.74, 6) is 3.54. The molecule has 6 nitrogen and oxygen atoms in total. The van der Waals surface area contributed by atoms with E-state index in [4.69, 9.17) is 16.3 Å². The van der Waals surface area contributed by atoms with Gasteiger partial charge in [0.1, 0.15) is 0 Å². The van der Waals surface area contributed by atoms with Crippen molar-refractivity contribution in [1.29, 1.82) is 0 Å². The second-order valence-electron chi connectivity index (χ2n) is 9.08. The molecule has 0 aromatic rings. The van der Waals surface area contributed by atoms with E-state index in [1.807, 2.05) is 13.8 Å². The van der Waals surface area contributed by atoms with Gasteiger partial charge in [0, 0.05) is 0 Å². The van der Waals surface area contributed by atoms with Gasteiger partial charge in [-0.25, -0.2) is 4.99 Å². The predicted molar refractivity (Wildman–Crippen MR) is 95.0 cm³/mol. The molecule has 0 aromatic heterocycles. The van der Waals surface area contributed by atoms with Gasteiger partial charge in [-0.15, -0.1) is 0 Å². The smallest absolute Gasteiger partial charge is 0.226 e. The van der Waals surface area contributed by atoms with Gasteiger partial charge in [0.15, 0.2) is 5.66 Å². The van der Waals surface area contributed by atoms with Crippen LogP contribution in [-0.2, 0) is 4.84 Å². The van der Waals surface area contributed by atoms with Crippen LogP contribution in [0.2, 0.25) is 0 Å². The number of nitrogens with two attached hydrogens (primary N) is 2. The van der Waals surface area contributed by atoms with Crippen LogP contribution >= 0.6 is 0 Å². The Morgan fingerprint density at radius 2 is 1.67 bits per heavy atom. The molecule has 0 aromatic carbocycles. The maximum atomic E-state index is 5.96. The minimum atomic E-state index is -0.601. The third-order valence-corrected chi connectivity index (χ3v) is 6.56. The van der Waals surface area contributed by atoms with E-state index in [0.29, 0.717) is 18.0 Å². The van der Waals surface area contributed by atoms with Crippen molar-refractivity contribution < 1.29 is 4.84 Å². The number of rotatable bonds is 5. The molecule has 1 heterocycles. The van der Waals surface area contributed by atoms with Crippen molar-refractivity contribution in [3.8, 4) is 0 Å². The zero-order valence-corrected chi connectivity index (χ0v) is 15.0. The number of hydrogen-bond acceptors (Lipinski definition) is 6. The quantitative estimate of drug-likeness (QED) is 0.757. The predicted octanol–water partition coefficient (Wildman–Crippen LogP) is 2.60. The van der Waals surface area contributed by atoms with Crippen LogP contribution in [0.4, 0.5) is 0 Å². The van der Waals surface area contributed by atoms with Crippen LogP contribution in [0.5, 0.6) is 0 Å². The van der Waals surface area contributed by atoms with Crippen molar-refractivity contribution in [2.75, 3.05) is 6.61 Å². The molecule has 1 aliphatic heterocycles. The van der Waals surface area contributed by atoms with Crippen LogP contribution in [0.25, 0.3) is 0 Å². The van der Waals surface area contributed by atoms with Crippen LogP contribution in [0.15, 0.2) is 9.98 Å². The fourth-order valence-corrected chi connectivity index (χ4v) is 6.22. The van der Waals surface area contributed by atoms with Gasteiger partial charge in [-0.3, -0.25) is 4.84 Å². The van der Waals surface area contributed by atoms with E-state index in [0.717, 1.165) is 24.2 Å². The summed E-state index contributed by atoms with van der Waals surface area (Å²) in [4.78, 5) is 14.3. The Hall–Kier alpha value is -1.30. The Bertz CT molecular complexity index is 532. The summed E-state index contributed by atoms with van der Waals surface area (Å²) in [6.45, 7) is 4.53. The van der Waals surface area contributed by atoms with Crippen molar-refractivity contribution in [2.45, 2.75) is 70.9 Å². The Labute approximate surface area is 144 Å². The van der Waals surface area contributed by atoms with E-state index in [-0.39, 0.29) is 5.96 Å². The molecule has 0 spiro atoms. The van der Waals surface area contributed by atoms with Crippen molar-refractivity contribution in [3.63, 3.8) is 0 Å². The molecule has 0 saturated heterocycles. The normalized spacial score (nSPS) is 39.8. The van der Waals surface area contributed by atoms with Crippen molar-refractivity contribution in [2.24, 2.45) is 44.6 Å². The molecule has 24 heavy (non-hydrogen) atoms. The van der Waals surface area contributed by atoms with Gasteiger partial charge in [0.25, 0.3) is 0 Å². The Morgan fingerprint density at radius 3 is 2.21 bits per heavy atom. The van der Waals surface area contributed by atoms with E-state index in [2.05, 4.69) is 9.98 Å². The lowest BCUT2D eigenvalue weighted by molar-refractivity contribution is -0.161. The first-order valence-corrected chi connectivity index (χ1v) is 9.48. The number of guanidine groups is 2. The molecule has 5 rings (SSSR count). The van der Waals surface area contributed by atoms with Gasteiger partial charge in [0.05, 0.1) is 6.61 Å². The summed E-state index contributed by atoms with van der Waals surface area (Å²) in [5, 5.41) is 1.60. The second-order valence-corrected chi connectivity index (χ2v) is 9.08. The van der Waals surface area contributed by atoms with Crippen LogP contribution in [0, 0.1) is 23.2 Å². The molecular weight excluding hydrogens is 302 g/mol. The average Bonchev–Trinajstić information content (AvgIpc) is 2.42. The van der Waals surface area contributed by atoms with E-state index in [9.17, 15) is 0 Å². The summed E-state index contributed by atoms with van der Waals surface area (Å²) in [6.07, 6.45) is 11.2. The van der Waals surface area contributed by atoms with Gasteiger partial charge >= 0.3 is 0 Å². The second kappa shape index (κ2) is 5.61. The first-order chi connectivity index (χ1) is 11.4. The lowest BCUT2D eigenvalue weighted by Crippen LogP contribution is -2.53. The molecule has 0 atom stereocenters. The van der Waals surface area contributed by atoms with Crippen molar-refractivity contribution in [1.82, 2.24) is 5.06 Å². The lowest BCUT2D eigenvalue weighted by atomic mass is 9.48. The van der Waals surface area contributed by atoms with Gasteiger partial charge in [-0.1, -0.05) is 0 Å². The summed E-state index contributed by atoms with van der Waals surface area (Å²) < 4.78 is 0. The topological polar surface area (TPSA) is 89.2 Å². The molecule has 4 aliphatic carbocycles. The maximum Gasteiger partial charge on any atom is 0.226 e. The highest BCUT2D eigenvalue weighted by atomic mass is 16.7. The Morgan fingerprint density at radius 1 is 1.08 bits per heavy atom. The monoisotopic (exact) mass is 333 g/mol. The molecule has 4 bridgehead atoms. The largest absolute Gasteiger partial charge is 0.368 e. The van der Waals surface area contributed by atoms with E-state index >= 15 is 0 Å². The summed E-state index contributed by atoms with van der Waals surface area (Å²) in [7, 11) is 0. The van der Waals surface area contributed by atoms with Crippen molar-refractivity contribution >= 4 is 11.9 Å². The van der Waals surface area contributed by atoms with Crippen LogP contribution in [0.3, 0.4) is 0 Å². The molecule has 5 aliphatic rings. The molecule has 4 fully saturated rings. The molecule has 0 radical (unpaired) electrons. The Balaban J connectivity index is 1.30. The van der Waals surface area contributed by atoms with E-state index < -0.39 is 5.66 Å². The third-order valence-electron chi connectivity index (χ3n) is 6.56. The highest BCUT2D eigenvalue weighted by Crippen LogP contribution is 2.61. The lowest BCUT2D eigenvalue weighted by Gasteiger charge is -2.57. The fourth-order valence-electron chi connectivity index (χ4n) is 6.22. The van der Waals surface area contributed by atoms with Gasteiger partial charge < -0.3 is 11.5 Å². The van der Waals surface area contributed by atoms with Gasteiger partial charge in [-0.05, 0) is 88.4 Å². The SMILES string of the molecule is CC1(C)N=C(N)N=C(N)N1OCCCC12CC3CC(CC(C3)C1)C2. The Kier molecular flexibility index (Phi) is 3.79. The highest BCUT2D eigenvalue weighted by molar-refractivity contribution is 5.95. The molecule has 6 heteroatoms. The number of nitrogens with zero attached hydrogens (tertiary/aromatic N) is 3. The standard InChI is InChI=1S/C18H31N5O/c1-17(2)22-15(19)21-16(20)23(17)24-5-3-4-18-9-12-6-13(10-18)8-14(7-12)11-18/h12-14H,3-11H2,1-2H3,(H4,19,20,21,22). The zero-order chi connectivity index (χ0) is 16.9. The number of hydroxylamine groups is 2. The number of hydrogen-bond donors (Lipinski definition) is 2. The zero-order valence-electron chi connectivity index (χ0n) is 15.0. The van der Waals surface area contributed by atoms with Gasteiger partial charge in [0.2, 0.25) is 11.9 Å². The first-order valence-electron chi connectivity index (χ1n) is 9.48. The number of aliphatic imine (C=N–C) groups is 2. The fraction of sp³-hybridized carbons (Fsp3) is 0.889. The maximum absolute atomic E-state index is 5.96. The molecule has 4 N–H and O–H groups in total. The highest BCUT2D eigenvalue weighted by Gasteiger charge is 2.50. The molecular formula is C18H31N5O. The third kappa shape index (κ3) is 2.89. The van der Waals surface area contributed by atoms with Crippen LogP contribution in [-0.4, -0.2) is 29.3 Å². The van der Waals surface area contributed by atoms with E-state index in [1.54, 1.807) is 5.06 Å². The van der Waals surface area contributed by atoms with E-state index in [1.165, 1.54) is 44.9 Å². The molecule has 4 saturated carbocycles. The molecule has 0 unspecified atom stereocenters. The van der Waals surface area contributed by atoms with Crippen LogP contribution < -0.4 is 11.5 Å².